The fourth-order valence-electron chi connectivity index (χ4n) is 1.28. The van der Waals surface area contributed by atoms with Crippen LogP contribution in [0.4, 0.5) is 8.78 Å². The lowest BCUT2D eigenvalue weighted by Gasteiger charge is -2.11. The topological polar surface area (TPSA) is 0 Å². The van der Waals surface area contributed by atoms with Crippen LogP contribution in [-0.4, -0.2) is 13.3 Å². The maximum atomic E-state index is 11.7. The van der Waals surface area contributed by atoms with Crippen LogP contribution in [0.3, 0.4) is 0 Å². The van der Waals surface area contributed by atoms with Gasteiger partial charge in [-0.3, -0.25) is 8.78 Å². The number of hydrogen-bond donors (Lipinski definition) is 0. The Morgan fingerprint density at radius 2 is 1.45 bits per heavy atom. The van der Waals surface area contributed by atoms with Crippen molar-refractivity contribution in [3.63, 3.8) is 0 Å². The third-order valence-electron chi connectivity index (χ3n) is 2.07. The molecule has 0 spiro atoms. The van der Waals surface area contributed by atoms with Gasteiger partial charge < -0.3 is 0 Å². The van der Waals surface area contributed by atoms with E-state index < -0.39 is 0 Å². The molecule has 0 unspecified atom stereocenters. The van der Waals surface area contributed by atoms with Crippen molar-refractivity contribution >= 4 is 0 Å². The molecule has 0 aromatic carbocycles. The zero-order chi connectivity index (χ0) is 8.53. The number of hydrogen-bond acceptors (Lipinski definition) is 0. The van der Waals surface area contributed by atoms with Gasteiger partial charge in [0.1, 0.15) is 0 Å². The Balaban J connectivity index is 3.25. The molecule has 0 aliphatic carbocycles. The van der Waals surface area contributed by atoms with E-state index in [0.717, 1.165) is 19.3 Å². The van der Waals surface area contributed by atoms with E-state index in [1.54, 1.807) is 0 Å². The Kier molecular flexibility index (Phi) is 7.86. The molecule has 0 aromatic rings. The summed E-state index contributed by atoms with van der Waals surface area (Å²) < 4.78 is 23.5. The standard InChI is InChI=1S/C9H18F2/c1-2-9(5-3-7-10)6-4-8-11/h9H,2-8H2,1H3. The lowest BCUT2D eigenvalue weighted by atomic mass is 9.96. The van der Waals surface area contributed by atoms with E-state index in [9.17, 15) is 8.78 Å². The second-order valence-corrected chi connectivity index (χ2v) is 2.94. The minimum Gasteiger partial charge on any atom is -0.251 e. The molecule has 2 heteroatoms. The summed E-state index contributed by atoms with van der Waals surface area (Å²) in [6.07, 6.45) is 4.19. The highest BCUT2D eigenvalue weighted by Gasteiger charge is 2.04. The lowest BCUT2D eigenvalue weighted by molar-refractivity contribution is 0.351. The molecule has 0 aliphatic rings. The van der Waals surface area contributed by atoms with Gasteiger partial charge in [-0.1, -0.05) is 13.3 Å². The Morgan fingerprint density at radius 3 is 1.73 bits per heavy atom. The zero-order valence-electron chi connectivity index (χ0n) is 7.28. The molecule has 0 aliphatic heterocycles. The molecule has 0 heterocycles. The quantitative estimate of drug-likeness (QED) is 0.540. The van der Waals surface area contributed by atoms with E-state index in [-0.39, 0.29) is 13.3 Å². The monoisotopic (exact) mass is 164 g/mol. The molecular weight excluding hydrogens is 146 g/mol. The number of rotatable bonds is 7. The van der Waals surface area contributed by atoms with Crippen LogP contribution in [0.15, 0.2) is 0 Å². The van der Waals surface area contributed by atoms with Gasteiger partial charge in [0.2, 0.25) is 0 Å². The first kappa shape index (κ1) is 10.9. The van der Waals surface area contributed by atoms with E-state index in [4.69, 9.17) is 0 Å². The number of halogens is 2. The van der Waals surface area contributed by atoms with Crippen molar-refractivity contribution in [3.8, 4) is 0 Å². The summed E-state index contributed by atoms with van der Waals surface area (Å²) >= 11 is 0. The molecule has 0 nitrogen and oxygen atoms in total. The Bertz CT molecular complexity index is 66.0. The van der Waals surface area contributed by atoms with Crippen molar-refractivity contribution in [2.75, 3.05) is 13.3 Å². The summed E-state index contributed by atoms with van der Waals surface area (Å²) in [4.78, 5) is 0. The highest BCUT2D eigenvalue weighted by atomic mass is 19.1. The minimum atomic E-state index is -0.230. The molecule has 0 N–H and O–H groups in total. The third-order valence-corrected chi connectivity index (χ3v) is 2.07. The molecule has 68 valence electrons. The summed E-state index contributed by atoms with van der Waals surface area (Å²) in [5.74, 6) is 0.543. The van der Waals surface area contributed by atoms with Crippen LogP contribution in [0, 0.1) is 5.92 Å². The average Bonchev–Trinajstić information content (AvgIpc) is 2.05. The van der Waals surface area contributed by atoms with Crippen LogP contribution in [0.2, 0.25) is 0 Å². The van der Waals surface area contributed by atoms with Gasteiger partial charge in [0.25, 0.3) is 0 Å². The van der Waals surface area contributed by atoms with E-state index in [2.05, 4.69) is 6.92 Å². The number of alkyl halides is 2. The van der Waals surface area contributed by atoms with Crippen molar-refractivity contribution in [1.29, 1.82) is 0 Å². The van der Waals surface area contributed by atoms with Crippen molar-refractivity contribution in [1.82, 2.24) is 0 Å². The van der Waals surface area contributed by atoms with Crippen LogP contribution in [0.1, 0.15) is 39.0 Å². The molecule has 0 fully saturated rings. The van der Waals surface area contributed by atoms with Gasteiger partial charge in [0.15, 0.2) is 0 Å². The average molecular weight is 164 g/mol. The first-order chi connectivity index (χ1) is 5.35. The van der Waals surface area contributed by atoms with Crippen LogP contribution in [-0.2, 0) is 0 Å². The van der Waals surface area contributed by atoms with Crippen LogP contribution >= 0.6 is 0 Å². The SMILES string of the molecule is CCC(CCCF)CCCF. The maximum absolute atomic E-state index is 11.7. The summed E-state index contributed by atoms with van der Waals surface area (Å²) in [5.41, 5.74) is 0. The Hall–Kier alpha value is -0.140. The molecule has 0 aromatic heterocycles. The predicted octanol–water partition coefficient (Wildman–Crippen LogP) is 3.51. The highest BCUT2D eigenvalue weighted by Crippen LogP contribution is 2.17. The van der Waals surface area contributed by atoms with E-state index in [1.807, 2.05) is 0 Å². The third kappa shape index (κ3) is 6.27. The molecular formula is C9H18F2. The van der Waals surface area contributed by atoms with Crippen molar-refractivity contribution in [2.45, 2.75) is 39.0 Å². The van der Waals surface area contributed by atoms with Crippen LogP contribution < -0.4 is 0 Å². The van der Waals surface area contributed by atoms with E-state index >= 15 is 0 Å². The lowest BCUT2D eigenvalue weighted by Crippen LogP contribution is -1.99. The molecule has 0 rings (SSSR count). The van der Waals surface area contributed by atoms with E-state index in [0.29, 0.717) is 18.8 Å². The first-order valence-electron chi connectivity index (χ1n) is 4.47. The van der Waals surface area contributed by atoms with Crippen molar-refractivity contribution in [3.05, 3.63) is 0 Å². The maximum Gasteiger partial charge on any atom is 0.0894 e. The zero-order valence-corrected chi connectivity index (χ0v) is 7.28. The molecule has 0 saturated heterocycles. The smallest absolute Gasteiger partial charge is 0.0894 e. The van der Waals surface area contributed by atoms with Crippen molar-refractivity contribution < 1.29 is 8.78 Å². The fourth-order valence-corrected chi connectivity index (χ4v) is 1.28. The van der Waals surface area contributed by atoms with Gasteiger partial charge in [0, 0.05) is 0 Å². The van der Waals surface area contributed by atoms with Gasteiger partial charge in [-0.25, -0.2) is 0 Å². The largest absolute Gasteiger partial charge is 0.251 e. The molecule has 0 saturated carbocycles. The summed E-state index contributed by atoms with van der Waals surface area (Å²) in [6, 6.07) is 0. The summed E-state index contributed by atoms with van der Waals surface area (Å²) in [7, 11) is 0. The molecule has 0 atom stereocenters. The summed E-state index contributed by atoms with van der Waals surface area (Å²) in [6.45, 7) is 1.62. The molecule has 11 heavy (non-hydrogen) atoms. The van der Waals surface area contributed by atoms with E-state index in [1.165, 1.54) is 0 Å². The highest BCUT2D eigenvalue weighted by molar-refractivity contribution is 4.57. The van der Waals surface area contributed by atoms with Crippen molar-refractivity contribution in [2.24, 2.45) is 5.92 Å². The van der Waals surface area contributed by atoms with Gasteiger partial charge in [-0.2, -0.15) is 0 Å². The van der Waals surface area contributed by atoms with Gasteiger partial charge in [0.05, 0.1) is 13.3 Å². The minimum absolute atomic E-state index is 0.230. The fraction of sp³-hybridized carbons (Fsp3) is 1.00. The molecule has 0 bridgehead atoms. The van der Waals surface area contributed by atoms with Crippen LogP contribution in [0.25, 0.3) is 0 Å². The summed E-state index contributed by atoms with van der Waals surface area (Å²) in [5, 5.41) is 0. The van der Waals surface area contributed by atoms with Gasteiger partial charge >= 0.3 is 0 Å². The predicted molar refractivity (Wildman–Crippen MR) is 44.2 cm³/mol. The molecule has 0 radical (unpaired) electrons. The van der Waals surface area contributed by atoms with Crippen LogP contribution in [0.5, 0.6) is 0 Å². The molecule has 0 amide bonds. The Labute approximate surface area is 68.0 Å². The second-order valence-electron chi connectivity index (χ2n) is 2.94. The second kappa shape index (κ2) is 7.96. The first-order valence-corrected chi connectivity index (χ1v) is 4.47. The normalized spacial score (nSPS) is 10.9. The Morgan fingerprint density at radius 1 is 1.00 bits per heavy atom. The van der Waals surface area contributed by atoms with Gasteiger partial charge in [-0.15, -0.1) is 0 Å². The van der Waals surface area contributed by atoms with Gasteiger partial charge in [-0.05, 0) is 31.6 Å².